The summed E-state index contributed by atoms with van der Waals surface area (Å²) in [6.07, 6.45) is -2.84. The molecule has 8 heteroatoms. The third-order valence-corrected chi connectivity index (χ3v) is 5.86. The van der Waals surface area contributed by atoms with E-state index < -0.39 is 29.2 Å². The first kappa shape index (κ1) is 21.0. The molecule has 1 aliphatic heterocycles. The average Bonchev–Trinajstić information content (AvgIpc) is 3.52. The number of nitrogens with one attached hydrogen (secondary N) is 3. The third-order valence-electron chi connectivity index (χ3n) is 5.86. The topological polar surface area (TPSA) is 70.2 Å². The number of hydrogen-bond acceptors (Lipinski definition) is 3. The first-order valence-corrected chi connectivity index (χ1v) is 9.95. The summed E-state index contributed by atoms with van der Waals surface area (Å²) in [6.45, 7) is 6.00. The van der Waals surface area contributed by atoms with Crippen molar-refractivity contribution in [1.82, 2.24) is 16.0 Å². The Morgan fingerprint density at radius 3 is 2.39 bits per heavy atom. The lowest BCUT2D eigenvalue weighted by Crippen LogP contribution is -2.55. The van der Waals surface area contributed by atoms with Crippen LogP contribution in [0.5, 0.6) is 0 Å². The van der Waals surface area contributed by atoms with Gasteiger partial charge in [0.1, 0.15) is 5.54 Å². The van der Waals surface area contributed by atoms with Crippen molar-refractivity contribution in [3.63, 3.8) is 0 Å². The fourth-order valence-electron chi connectivity index (χ4n) is 3.93. The number of aryl methyl sites for hydroxylation is 1. The second-order valence-corrected chi connectivity index (χ2v) is 8.11. The van der Waals surface area contributed by atoms with Crippen LogP contribution in [-0.2, 0) is 11.0 Å². The predicted octanol–water partition coefficient (Wildman–Crippen LogP) is 4.23. The lowest BCUT2D eigenvalue weighted by atomic mass is 9.92. The van der Waals surface area contributed by atoms with Gasteiger partial charge in [-0.25, -0.2) is 4.79 Å². The van der Waals surface area contributed by atoms with Gasteiger partial charge >= 0.3 is 12.2 Å². The largest absolute Gasteiger partial charge is 0.416 e. The summed E-state index contributed by atoms with van der Waals surface area (Å²) < 4.78 is 40.0. The van der Waals surface area contributed by atoms with E-state index >= 15 is 0 Å². The Kier molecular flexibility index (Phi) is 5.03. The summed E-state index contributed by atoms with van der Waals surface area (Å²) in [7, 11) is 0. The smallest absolute Gasteiger partial charge is 0.382 e. The SMILES string of the molecule is C=C(NC[C@@]1(C2CC2)NC(=O)NC1=O)c1ccc(C(F)(F)F)cc1-c1ccc(C)cc1. The van der Waals surface area contributed by atoms with E-state index in [-0.39, 0.29) is 12.5 Å². The van der Waals surface area contributed by atoms with Crippen LogP contribution in [0.4, 0.5) is 18.0 Å². The Bertz CT molecular complexity index is 1060. The van der Waals surface area contributed by atoms with E-state index in [9.17, 15) is 22.8 Å². The van der Waals surface area contributed by atoms with Gasteiger partial charge in [0.2, 0.25) is 0 Å². The van der Waals surface area contributed by atoms with Gasteiger partial charge in [-0.3, -0.25) is 10.1 Å². The Morgan fingerprint density at radius 1 is 1.16 bits per heavy atom. The number of hydrogen-bond donors (Lipinski definition) is 3. The number of carbonyl (C=O) groups is 2. The molecule has 31 heavy (non-hydrogen) atoms. The Morgan fingerprint density at radius 2 is 1.84 bits per heavy atom. The maximum Gasteiger partial charge on any atom is 0.416 e. The second kappa shape index (κ2) is 7.44. The molecule has 1 saturated carbocycles. The zero-order valence-corrected chi connectivity index (χ0v) is 16.9. The summed E-state index contributed by atoms with van der Waals surface area (Å²) in [4.78, 5) is 24.1. The first-order valence-electron chi connectivity index (χ1n) is 9.95. The van der Waals surface area contributed by atoms with Crippen LogP contribution in [0.2, 0.25) is 0 Å². The number of imide groups is 1. The molecule has 0 spiro atoms. The molecule has 0 bridgehead atoms. The average molecular weight is 429 g/mol. The molecule has 1 heterocycles. The molecule has 1 saturated heterocycles. The van der Waals surface area contributed by atoms with Crippen molar-refractivity contribution in [2.75, 3.05) is 6.54 Å². The molecule has 1 atom stereocenters. The molecule has 0 radical (unpaired) electrons. The molecule has 3 N–H and O–H groups in total. The van der Waals surface area contributed by atoms with Crippen molar-refractivity contribution in [3.8, 4) is 11.1 Å². The minimum absolute atomic E-state index is 0.0171. The quantitative estimate of drug-likeness (QED) is 0.602. The van der Waals surface area contributed by atoms with Crippen LogP contribution in [0.1, 0.15) is 29.5 Å². The molecule has 2 fully saturated rings. The molecule has 0 unspecified atom stereocenters. The minimum atomic E-state index is -4.48. The number of amides is 3. The second-order valence-electron chi connectivity index (χ2n) is 8.11. The lowest BCUT2D eigenvalue weighted by Gasteiger charge is -2.27. The Labute approximate surface area is 177 Å². The zero-order valence-electron chi connectivity index (χ0n) is 16.9. The number of alkyl halides is 3. The standard InChI is InChI=1S/C23H22F3N3O2/c1-13-3-5-15(6-4-13)19-11-17(23(24,25)26)9-10-18(19)14(2)27-12-22(16-7-8-16)20(30)28-21(31)29-22/h3-6,9-11,16,27H,2,7-8,12H2,1H3,(H2,28,29,30,31)/t22-/m0/s1. The van der Waals surface area contributed by atoms with E-state index in [1.54, 1.807) is 12.1 Å². The van der Waals surface area contributed by atoms with E-state index in [2.05, 4.69) is 22.5 Å². The van der Waals surface area contributed by atoms with Gasteiger partial charge in [-0.05, 0) is 48.9 Å². The molecular weight excluding hydrogens is 407 g/mol. The number of carbonyl (C=O) groups excluding carboxylic acids is 2. The van der Waals surface area contributed by atoms with Gasteiger partial charge in [0.15, 0.2) is 0 Å². The fourth-order valence-corrected chi connectivity index (χ4v) is 3.93. The molecular formula is C23H22F3N3O2. The molecule has 2 aromatic carbocycles. The number of rotatable bonds is 6. The van der Waals surface area contributed by atoms with Gasteiger partial charge in [-0.15, -0.1) is 0 Å². The number of halogens is 3. The lowest BCUT2D eigenvalue weighted by molar-refractivity contribution is -0.137. The molecule has 162 valence electrons. The van der Waals surface area contributed by atoms with Gasteiger partial charge in [-0.1, -0.05) is 42.5 Å². The van der Waals surface area contributed by atoms with Crippen LogP contribution in [-0.4, -0.2) is 24.0 Å². The Hall–Kier alpha value is -3.29. The van der Waals surface area contributed by atoms with Crippen molar-refractivity contribution < 1.29 is 22.8 Å². The van der Waals surface area contributed by atoms with Crippen LogP contribution in [0.25, 0.3) is 16.8 Å². The van der Waals surface area contributed by atoms with Crippen molar-refractivity contribution in [2.45, 2.75) is 31.5 Å². The van der Waals surface area contributed by atoms with Gasteiger partial charge in [0.05, 0.1) is 5.56 Å². The molecule has 1 aliphatic carbocycles. The van der Waals surface area contributed by atoms with Crippen LogP contribution in [0.15, 0.2) is 49.0 Å². The van der Waals surface area contributed by atoms with E-state index in [4.69, 9.17) is 0 Å². The molecule has 3 amide bonds. The number of benzene rings is 2. The molecule has 2 aromatic rings. The van der Waals surface area contributed by atoms with Gasteiger partial charge < -0.3 is 10.6 Å². The fraction of sp³-hybridized carbons (Fsp3) is 0.304. The van der Waals surface area contributed by atoms with Crippen LogP contribution < -0.4 is 16.0 Å². The van der Waals surface area contributed by atoms with E-state index in [1.807, 2.05) is 19.1 Å². The van der Waals surface area contributed by atoms with Crippen molar-refractivity contribution in [1.29, 1.82) is 0 Å². The summed E-state index contributed by atoms with van der Waals surface area (Å²) in [6, 6.07) is 10.1. The highest BCUT2D eigenvalue weighted by molar-refractivity contribution is 6.07. The molecule has 2 aliphatic rings. The highest BCUT2D eigenvalue weighted by atomic mass is 19.4. The van der Waals surface area contributed by atoms with Gasteiger partial charge in [0.25, 0.3) is 5.91 Å². The molecule has 4 rings (SSSR count). The highest BCUT2D eigenvalue weighted by Gasteiger charge is 2.55. The van der Waals surface area contributed by atoms with Crippen molar-refractivity contribution in [2.24, 2.45) is 5.92 Å². The molecule has 0 aromatic heterocycles. The Balaban J connectivity index is 1.65. The van der Waals surface area contributed by atoms with Crippen molar-refractivity contribution >= 4 is 17.6 Å². The maximum absolute atomic E-state index is 13.3. The van der Waals surface area contributed by atoms with Crippen molar-refractivity contribution in [3.05, 3.63) is 65.7 Å². The summed E-state index contributed by atoms with van der Waals surface area (Å²) in [5, 5.41) is 8.07. The van der Waals surface area contributed by atoms with Gasteiger partial charge in [0, 0.05) is 17.8 Å². The van der Waals surface area contributed by atoms with Crippen LogP contribution >= 0.6 is 0 Å². The first-order chi connectivity index (χ1) is 14.6. The summed E-state index contributed by atoms with van der Waals surface area (Å²) in [5.74, 6) is -0.380. The van der Waals surface area contributed by atoms with Crippen LogP contribution in [0.3, 0.4) is 0 Å². The normalized spacial score (nSPS) is 20.9. The minimum Gasteiger partial charge on any atom is -0.382 e. The van der Waals surface area contributed by atoms with Gasteiger partial charge in [-0.2, -0.15) is 13.2 Å². The summed E-state index contributed by atoms with van der Waals surface area (Å²) in [5.41, 5.74) is 1.03. The number of urea groups is 1. The monoisotopic (exact) mass is 429 g/mol. The van der Waals surface area contributed by atoms with E-state index in [0.29, 0.717) is 22.4 Å². The zero-order chi connectivity index (χ0) is 22.4. The van der Waals surface area contributed by atoms with E-state index in [1.165, 1.54) is 6.07 Å². The van der Waals surface area contributed by atoms with E-state index in [0.717, 1.165) is 30.5 Å². The highest BCUT2D eigenvalue weighted by Crippen LogP contribution is 2.41. The maximum atomic E-state index is 13.3. The molecule has 5 nitrogen and oxygen atoms in total. The van der Waals surface area contributed by atoms with Crippen LogP contribution in [0, 0.1) is 12.8 Å². The third kappa shape index (κ3) is 4.02. The summed E-state index contributed by atoms with van der Waals surface area (Å²) >= 11 is 0. The predicted molar refractivity (Wildman–Crippen MR) is 111 cm³/mol.